The molecule has 0 aliphatic carbocycles. The minimum Gasteiger partial charge on any atom is -0.362 e. The number of hydrogen-bond acceptors (Lipinski definition) is 5. The summed E-state index contributed by atoms with van der Waals surface area (Å²) >= 11 is 0. The molecule has 2 aliphatic heterocycles. The fourth-order valence-corrected chi connectivity index (χ4v) is 2.03. The molecule has 0 amide bonds. The summed E-state index contributed by atoms with van der Waals surface area (Å²) in [6.07, 6.45) is 2.50. The Kier molecular flexibility index (Phi) is 1.11. The second-order valence-electron chi connectivity index (χ2n) is 3.31. The molecule has 3 rings (SSSR count). The first-order chi connectivity index (χ1) is 5.95. The van der Waals surface area contributed by atoms with Crippen molar-refractivity contribution in [1.82, 2.24) is 10.3 Å². The maximum absolute atomic E-state index is 4.67. The van der Waals surface area contributed by atoms with Gasteiger partial charge in [-0.05, 0) is 23.2 Å². The molecule has 12 heavy (non-hydrogen) atoms. The number of hydrogen-bond donors (Lipinski definition) is 1. The minimum atomic E-state index is 0.601. The topological polar surface area (TPSA) is 54.2 Å². The van der Waals surface area contributed by atoms with Gasteiger partial charge in [0.1, 0.15) is 0 Å². The molecule has 0 saturated carbocycles. The van der Waals surface area contributed by atoms with Crippen molar-refractivity contribution in [2.24, 2.45) is 0 Å². The first-order valence-electron chi connectivity index (χ1n) is 4.28. The van der Waals surface area contributed by atoms with Crippen LogP contribution >= 0.6 is 0 Å². The molecule has 1 aromatic heterocycles. The molecular formula is C7H10N4O. The van der Waals surface area contributed by atoms with Crippen LogP contribution in [0, 0.1) is 0 Å². The van der Waals surface area contributed by atoms with Crippen molar-refractivity contribution in [2.75, 3.05) is 23.3 Å². The van der Waals surface area contributed by atoms with Gasteiger partial charge >= 0.3 is 0 Å². The zero-order valence-electron chi connectivity index (χ0n) is 6.66. The van der Waals surface area contributed by atoms with Crippen molar-refractivity contribution in [3.63, 3.8) is 0 Å². The maximum Gasteiger partial charge on any atom is 0.218 e. The van der Waals surface area contributed by atoms with E-state index in [1.54, 1.807) is 0 Å². The van der Waals surface area contributed by atoms with Gasteiger partial charge in [0.25, 0.3) is 0 Å². The number of nitrogens with zero attached hydrogens (tertiary/aromatic N) is 3. The van der Waals surface area contributed by atoms with Crippen molar-refractivity contribution in [1.29, 1.82) is 0 Å². The minimum absolute atomic E-state index is 0.601. The summed E-state index contributed by atoms with van der Waals surface area (Å²) in [5, 5.41) is 10.9. The Morgan fingerprint density at radius 3 is 3.50 bits per heavy atom. The molecule has 1 aromatic rings. The predicted molar refractivity (Wildman–Crippen MR) is 43.2 cm³/mol. The van der Waals surface area contributed by atoms with E-state index in [1.165, 1.54) is 12.8 Å². The molecular weight excluding hydrogens is 156 g/mol. The summed E-state index contributed by atoms with van der Waals surface area (Å²) in [4.78, 5) is 2.28. The number of nitrogens with one attached hydrogen (secondary N) is 1. The summed E-state index contributed by atoms with van der Waals surface area (Å²) in [5.41, 5.74) is 0. The molecule has 1 fully saturated rings. The number of anilines is 2. The highest BCUT2D eigenvalue weighted by atomic mass is 16.6. The first-order valence-corrected chi connectivity index (χ1v) is 4.28. The van der Waals surface area contributed by atoms with E-state index < -0.39 is 0 Å². The van der Waals surface area contributed by atoms with Gasteiger partial charge < -0.3 is 10.2 Å². The normalized spacial score (nSPS) is 26.3. The van der Waals surface area contributed by atoms with Crippen molar-refractivity contribution in [3.05, 3.63) is 0 Å². The molecule has 5 heteroatoms. The third-order valence-corrected chi connectivity index (χ3v) is 2.63. The Labute approximate surface area is 69.7 Å². The van der Waals surface area contributed by atoms with Crippen LogP contribution in [0.3, 0.4) is 0 Å². The first kappa shape index (κ1) is 6.28. The lowest BCUT2D eigenvalue weighted by Gasteiger charge is -2.28. The van der Waals surface area contributed by atoms with Gasteiger partial charge in [-0.15, -0.1) is 0 Å². The average molecular weight is 166 g/mol. The highest BCUT2D eigenvalue weighted by Gasteiger charge is 2.33. The zero-order valence-corrected chi connectivity index (χ0v) is 6.66. The second-order valence-corrected chi connectivity index (χ2v) is 3.31. The molecule has 0 aromatic carbocycles. The largest absolute Gasteiger partial charge is 0.362 e. The molecule has 0 spiro atoms. The summed E-state index contributed by atoms with van der Waals surface area (Å²) in [6.45, 7) is 2.06. The van der Waals surface area contributed by atoms with Gasteiger partial charge in [0.05, 0.1) is 0 Å². The fraction of sp³-hybridized carbons (Fsp3) is 0.714. The number of fused-ring (bicyclic) bond motifs is 3. The summed E-state index contributed by atoms with van der Waals surface area (Å²) < 4.78 is 4.67. The van der Waals surface area contributed by atoms with E-state index in [0.29, 0.717) is 6.04 Å². The van der Waals surface area contributed by atoms with Crippen molar-refractivity contribution >= 4 is 11.6 Å². The third-order valence-electron chi connectivity index (χ3n) is 2.63. The molecule has 1 atom stereocenters. The standard InChI is InChI=1S/C7H10N4O/c1-2-5-4-8-6-7(10-12-9-6)11(5)3-1/h5H,1-4H2,(H,8,9)/t5-/m0/s1. The Bertz CT molecular complexity index is 297. The van der Waals surface area contributed by atoms with E-state index in [2.05, 4.69) is 25.2 Å². The van der Waals surface area contributed by atoms with Crippen LogP contribution in [-0.4, -0.2) is 29.4 Å². The zero-order chi connectivity index (χ0) is 7.97. The molecule has 0 radical (unpaired) electrons. The van der Waals surface area contributed by atoms with Crippen molar-refractivity contribution in [2.45, 2.75) is 18.9 Å². The molecule has 0 unspecified atom stereocenters. The van der Waals surface area contributed by atoms with Crippen LogP contribution in [0.1, 0.15) is 12.8 Å². The van der Waals surface area contributed by atoms with Crippen LogP contribution in [0.5, 0.6) is 0 Å². The quantitative estimate of drug-likeness (QED) is 0.607. The maximum atomic E-state index is 4.67. The van der Waals surface area contributed by atoms with Crippen molar-refractivity contribution in [3.8, 4) is 0 Å². The van der Waals surface area contributed by atoms with E-state index in [4.69, 9.17) is 0 Å². The lowest BCUT2D eigenvalue weighted by Crippen LogP contribution is -2.39. The Morgan fingerprint density at radius 1 is 1.50 bits per heavy atom. The van der Waals surface area contributed by atoms with Gasteiger partial charge in [-0.3, -0.25) is 0 Å². The van der Waals surface area contributed by atoms with Crippen LogP contribution < -0.4 is 10.2 Å². The molecule has 0 bridgehead atoms. The Balaban J connectivity index is 2.04. The van der Waals surface area contributed by atoms with Gasteiger partial charge in [-0.25, -0.2) is 4.63 Å². The van der Waals surface area contributed by atoms with Gasteiger partial charge in [0.2, 0.25) is 11.6 Å². The molecule has 3 heterocycles. The number of aromatic nitrogens is 2. The highest BCUT2D eigenvalue weighted by molar-refractivity contribution is 5.63. The summed E-state index contributed by atoms with van der Waals surface area (Å²) in [6, 6.07) is 0.601. The van der Waals surface area contributed by atoms with Crippen LogP contribution in [0.4, 0.5) is 11.6 Å². The average Bonchev–Trinajstić information content (AvgIpc) is 2.71. The van der Waals surface area contributed by atoms with Gasteiger partial charge in [-0.2, -0.15) is 0 Å². The van der Waals surface area contributed by atoms with Crippen LogP contribution in [0.25, 0.3) is 0 Å². The van der Waals surface area contributed by atoms with Gasteiger partial charge in [0, 0.05) is 19.1 Å². The Morgan fingerprint density at radius 2 is 2.50 bits per heavy atom. The smallest absolute Gasteiger partial charge is 0.218 e. The van der Waals surface area contributed by atoms with E-state index in [-0.39, 0.29) is 0 Å². The Hall–Kier alpha value is -1.26. The van der Waals surface area contributed by atoms with E-state index >= 15 is 0 Å². The van der Waals surface area contributed by atoms with Crippen molar-refractivity contribution < 1.29 is 4.63 Å². The SMILES string of the molecule is C1C[C@H]2CNc3nonc3N2C1. The molecule has 5 nitrogen and oxygen atoms in total. The lowest BCUT2D eigenvalue weighted by atomic mass is 10.2. The van der Waals surface area contributed by atoms with Crippen LogP contribution in [0.15, 0.2) is 4.63 Å². The molecule has 1 N–H and O–H groups in total. The molecule has 1 saturated heterocycles. The lowest BCUT2D eigenvalue weighted by molar-refractivity contribution is 0.309. The van der Waals surface area contributed by atoms with E-state index in [1.807, 2.05) is 0 Å². The summed E-state index contributed by atoms with van der Waals surface area (Å²) in [5.74, 6) is 1.69. The molecule has 2 aliphatic rings. The van der Waals surface area contributed by atoms with Crippen LogP contribution in [0.2, 0.25) is 0 Å². The highest BCUT2D eigenvalue weighted by Crippen LogP contribution is 2.32. The monoisotopic (exact) mass is 166 g/mol. The predicted octanol–water partition coefficient (Wildman–Crippen LogP) is 0.464. The molecule has 64 valence electrons. The van der Waals surface area contributed by atoms with Crippen LogP contribution in [-0.2, 0) is 0 Å². The van der Waals surface area contributed by atoms with Gasteiger partial charge in [-0.1, -0.05) is 0 Å². The van der Waals surface area contributed by atoms with Gasteiger partial charge in [0.15, 0.2) is 0 Å². The van der Waals surface area contributed by atoms with E-state index in [9.17, 15) is 0 Å². The van der Waals surface area contributed by atoms with E-state index in [0.717, 1.165) is 24.7 Å². The summed E-state index contributed by atoms with van der Waals surface area (Å²) in [7, 11) is 0. The third kappa shape index (κ3) is 0.680. The second kappa shape index (κ2) is 2.12. The fourth-order valence-electron chi connectivity index (χ4n) is 2.03. The number of rotatable bonds is 0.